The largest absolute Gasteiger partial charge is 0.317 e. The standard InChI is InChI=1S/C21H25FN4O4/c22-16(13-5-7-23-8-6-13)11-24-10-12-1-2-14-15(9-12)21(30)26(20(14)29)17-3-4-18(27)25-19(17)28/h1-2,9,13,16-17,23-24H,3-8,10-11H2,(H,25,27,28). The lowest BCUT2D eigenvalue weighted by molar-refractivity contribution is -0.136. The molecule has 3 N–H and O–H groups in total. The summed E-state index contributed by atoms with van der Waals surface area (Å²) in [6.45, 7) is 2.29. The topological polar surface area (TPSA) is 108 Å². The Morgan fingerprint density at radius 3 is 2.53 bits per heavy atom. The van der Waals surface area contributed by atoms with Gasteiger partial charge in [-0.05, 0) is 56.0 Å². The summed E-state index contributed by atoms with van der Waals surface area (Å²) in [5, 5.41) is 8.50. The maximum atomic E-state index is 14.4. The molecule has 9 heteroatoms. The first kappa shape index (κ1) is 20.6. The summed E-state index contributed by atoms with van der Waals surface area (Å²) in [6, 6.07) is 3.93. The third-order valence-corrected chi connectivity index (χ3v) is 6.07. The van der Waals surface area contributed by atoms with Crippen molar-refractivity contribution in [1.29, 1.82) is 0 Å². The summed E-state index contributed by atoms with van der Waals surface area (Å²) >= 11 is 0. The molecule has 3 aliphatic rings. The number of fused-ring (bicyclic) bond motifs is 1. The quantitative estimate of drug-likeness (QED) is 0.584. The highest BCUT2D eigenvalue weighted by atomic mass is 19.1. The van der Waals surface area contributed by atoms with E-state index in [0.29, 0.717) is 6.54 Å². The molecule has 4 rings (SSSR count). The first-order chi connectivity index (χ1) is 14.5. The van der Waals surface area contributed by atoms with E-state index in [9.17, 15) is 23.6 Å². The fraction of sp³-hybridized carbons (Fsp3) is 0.524. The van der Waals surface area contributed by atoms with Crippen molar-refractivity contribution in [3.63, 3.8) is 0 Å². The molecule has 2 saturated heterocycles. The summed E-state index contributed by atoms with van der Waals surface area (Å²) in [4.78, 5) is 49.9. The van der Waals surface area contributed by atoms with Gasteiger partial charge in [-0.2, -0.15) is 0 Å². The fourth-order valence-corrected chi connectivity index (χ4v) is 4.36. The second kappa shape index (κ2) is 8.61. The van der Waals surface area contributed by atoms with E-state index in [-0.39, 0.29) is 36.4 Å². The molecule has 3 aliphatic heterocycles. The van der Waals surface area contributed by atoms with Gasteiger partial charge in [0.1, 0.15) is 12.2 Å². The highest BCUT2D eigenvalue weighted by Gasteiger charge is 2.44. The van der Waals surface area contributed by atoms with Gasteiger partial charge in [0.25, 0.3) is 11.8 Å². The van der Waals surface area contributed by atoms with E-state index in [1.165, 1.54) is 0 Å². The SMILES string of the molecule is O=C1CCC(N2C(=O)c3ccc(CNCC(F)C4CCNCC4)cc3C2=O)C(=O)N1. The molecule has 2 unspecified atom stereocenters. The van der Waals surface area contributed by atoms with Crippen LogP contribution in [0.1, 0.15) is 52.0 Å². The minimum atomic E-state index is -0.978. The van der Waals surface area contributed by atoms with E-state index in [2.05, 4.69) is 16.0 Å². The Bertz CT molecular complexity index is 884. The molecule has 1 aromatic rings. The number of amides is 4. The highest BCUT2D eigenvalue weighted by molar-refractivity contribution is 6.23. The maximum Gasteiger partial charge on any atom is 0.262 e. The van der Waals surface area contributed by atoms with Crippen LogP contribution in [0.3, 0.4) is 0 Å². The summed E-state index contributed by atoms with van der Waals surface area (Å²) in [6.07, 6.45) is 0.940. The number of imide groups is 2. The average molecular weight is 416 g/mol. The Kier molecular flexibility index (Phi) is 5.92. The molecule has 30 heavy (non-hydrogen) atoms. The van der Waals surface area contributed by atoms with Crippen LogP contribution < -0.4 is 16.0 Å². The molecule has 2 fully saturated rings. The number of alkyl halides is 1. The molecule has 160 valence electrons. The Balaban J connectivity index is 1.39. The molecule has 1 aromatic carbocycles. The number of rotatable bonds is 6. The number of carbonyl (C=O) groups excluding carboxylic acids is 4. The van der Waals surface area contributed by atoms with Crippen LogP contribution in [-0.4, -0.2) is 60.4 Å². The number of piperidine rings is 2. The zero-order chi connectivity index (χ0) is 21.3. The van der Waals surface area contributed by atoms with E-state index >= 15 is 0 Å². The molecule has 2 atom stereocenters. The fourth-order valence-electron chi connectivity index (χ4n) is 4.36. The van der Waals surface area contributed by atoms with Gasteiger partial charge in [0.2, 0.25) is 11.8 Å². The Morgan fingerprint density at radius 2 is 1.80 bits per heavy atom. The van der Waals surface area contributed by atoms with Crippen LogP contribution in [-0.2, 0) is 16.1 Å². The van der Waals surface area contributed by atoms with Crippen LogP contribution in [0.2, 0.25) is 0 Å². The van der Waals surface area contributed by atoms with Gasteiger partial charge in [0.15, 0.2) is 0 Å². The van der Waals surface area contributed by atoms with Gasteiger partial charge >= 0.3 is 0 Å². The minimum absolute atomic E-state index is 0.0556. The van der Waals surface area contributed by atoms with Crippen LogP contribution in [0.5, 0.6) is 0 Å². The van der Waals surface area contributed by atoms with Crippen molar-refractivity contribution in [2.45, 2.75) is 44.4 Å². The number of hydrogen-bond acceptors (Lipinski definition) is 6. The second-order valence-electron chi connectivity index (χ2n) is 8.06. The third-order valence-electron chi connectivity index (χ3n) is 6.07. The number of hydrogen-bond donors (Lipinski definition) is 3. The molecule has 8 nitrogen and oxygen atoms in total. The predicted octanol–water partition coefficient (Wildman–Crippen LogP) is 0.515. The molecule has 0 radical (unpaired) electrons. The monoisotopic (exact) mass is 416 g/mol. The average Bonchev–Trinajstić information content (AvgIpc) is 2.99. The third kappa shape index (κ3) is 3.99. The van der Waals surface area contributed by atoms with Crippen molar-refractivity contribution in [3.8, 4) is 0 Å². The molecule has 4 amide bonds. The van der Waals surface area contributed by atoms with Crippen molar-refractivity contribution in [3.05, 3.63) is 34.9 Å². The van der Waals surface area contributed by atoms with Gasteiger partial charge in [-0.1, -0.05) is 6.07 Å². The summed E-state index contributed by atoms with van der Waals surface area (Å²) in [5.41, 5.74) is 1.24. The second-order valence-corrected chi connectivity index (χ2v) is 8.06. The molecule has 0 aliphatic carbocycles. The Morgan fingerprint density at radius 1 is 1.07 bits per heavy atom. The predicted molar refractivity (Wildman–Crippen MR) is 105 cm³/mol. The lowest BCUT2D eigenvalue weighted by Crippen LogP contribution is -2.54. The maximum absolute atomic E-state index is 14.4. The first-order valence-electron chi connectivity index (χ1n) is 10.4. The molecule has 3 heterocycles. The van der Waals surface area contributed by atoms with Crippen molar-refractivity contribution >= 4 is 23.6 Å². The van der Waals surface area contributed by atoms with Gasteiger partial charge in [0, 0.05) is 19.5 Å². The Labute approximate surface area is 173 Å². The van der Waals surface area contributed by atoms with Crippen molar-refractivity contribution in [1.82, 2.24) is 20.9 Å². The minimum Gasteiger partial charge on any atom is -0.317 e. The molecule has 0 saturated carbocycles. The lowest BCUT2D eigenvalue weighted by Gasteiger charge is -2.27. The van der Waals surface area contributed by atoms with Gasteiger partial charge < -0.3 is 10.6 Å². The smallest absolute Gasteiger partial charge is 0.262 e. The lowest BCUT2D eigenvalue weighted by atomic mass is 9.93. The van der Waals surface area contributed by atoms with Gasteiger partial charge in [-0.25, -0.2) is 4.39 Å². The number of carbonyl (C=O) groups is 4. The van der Waals surface area contributed by atoms with Crippen molar-refractivity contribution < 1.29 is 23.6 Å². The van der Waals surface area contributed by atoms with Crippen LogP contribution in [0.25, 0.3) is 0 Å². The van der Waals surface area contributed by atoms with Crippen LogP contribution in [0.15, 0.2) is 18.2 Å². The van der Waals surface area contributed by atoms with Crippen LogP contribution in [0, 0.1) is 5.92 Å². The van der Waals surface area contributed by atoms with E-state index in [4.69, 9.17) is 0 Å². The molecular formula is C21H25FN4O4. The van der Waals surface area contributed by atoms with Gasteiger partial charge in [-0.15, -0.1) is 0 Å². The van der Waals surface area contributed by atoms with Gasteiger partial charge in [-0.3, -0.25) is 29.4 Å². The van der Waals surface area contributed by atoms with Crippen molar-refractivity contribution in [2.24, 2.45) is 5.92 Å². The molecular weight excluding hydrogens is 391 g/mol. The summed E-state index contributed by atoms with van der Waals surface area (Å²) < 4.78 is 14.4. The van der Waals surface area contributed by atoms with Crippen LogP contribution in [0.4, 0.5) is 4.39 Å². The number of benzene rings is 1. The number of nitrogens with zero attached hydrogens (tertiary/aromatic N) is 1. The molecule has 0 spiro atoms. The van der Waals surface area contributed by atoms with E-state index in [1.54, 1.807) is 18.2 Å². The zero-order valence-electron chi connectivity index (χ0n) is 16.6. The number of nitrogens with one attached hydrogen (secondary N) is 3. The van der Waals surface area contributed by atoms with Crippen molar-refractivity contribution in [2.75, 3.05) is 19.6 Å². The van der Waals surface area contributed by atoms with E-state index in [1.807, 2.05) is 0 Å². The zero-order valence-corrected chi connectivity index (χ0v) is 16.6. The summed E-state index contributed by atoms with van der Waals surface area (Å²) in [7, 11) is 0. The van der Waals surface area contributed by atoms with Crippen LogP contribution >= 0.6 is 0 Å². The van der Waals surface area contributed by atoms with Gasteiger partial charge in [0.05, 0.1) is 11.1 Å². The highest BCUT2D eigenvalue weighted by Crippen LogP contribution is 2.28. The first-order valence-corrected chi connectivity index (χ1v) is 10.4. The normalized spacial score (nSPS) is 23.5. The van der Waals surface area contributed by atoms with E-state index < -0.39 is 35.8 Å². The number of halogens is 1. The Hall–Kier alpha value is -2.65. The van der Waals surface area contributed by atoms with E-state index in [0.717, 1.165) is 36.4 Å². The summed E-state index contributed by atoms with van der Waals surface area (Å²) in [5.74, 6) is -2.05. The molecule has 0 aromatic heterocycles. The molecule has 0 bridgehead atoms.